The second kappa shape index (κ2) is 12.7. The highest BCUT2D eigenvalue weighted by atomic mass is 14.1. The minimum Gasteiger partial charge on any atom is -0.0990 e. The van der Waals surface area contributed by atoms with E-state index in [2.05, 4.69) is 83.7 Å². The molecule has 23 heavy (non-hydrogen) atoms. The summed E-state index contributed by atoms with van der Waals surface area (Å²) in [5, 5.41) is 0. The van der Waals surface area contributed by atoms with Gasteiger partial charge >= 0.3 is 0 Å². The number of hydrogen-bond donors (Lipinski definition) is 0. The maximum atomic E-state index is 3.84. The third-order valence-electron chi connectivity index (χ3n) is 3.68. The van der Waals surface area contributed by atoms with Crippen LogP contribution in [-0.2, 0) is 0 Å². The smallest absolute Gasteiger partial charge is 0.00753 e. The first-order valence-electron chi connectivity index (χ1n) is 8.72. The molecule has 1 aliphatic carbocycles. The lowest BCUT2D eigenvalue weighted by atomic mass is 9.94. The van der Waals surface area contributed by atoms with E-state index in [0.29, 0.717) is 5.92 Å². The van der Waals surface area contributed by atoms with Crippen molar-refractivity contribution in [2.75, 3.05) is 0 Å². The first-order valence-corrected chi connectivity index (χ1v) is 8.72. The monoisotopic (exact) mass is 310 g/mol. The molecule has 0 heterocycles. The van der Waals surface area contributed by atoms with Crippen LogP contribution in [0.1, 0.15) is 54.4 Å². The van der Waals surface area contributed by atoms with Gasteiger partial charge in [-0.3, -0.25) is 0 Å². The van der Waals surface area contributed by atoms with Crippen molar-refractivity contribution in [3.8, 4) is 0 Å². The summed E-state index contributed by atoms with van der Waals surface area (Å²) in [7, 11) is 0. The highest BCUT2D eigenvalue weighted by Crippen LogP contribution is 2.27. The molecule has 126 valence electrons. The lowest BCUT2D eigenvalue weighted by molar-refractivity contribution is 0.886. The second-order valence-electron chi connectivity index (χ2n) is 5.87. The van der Waals surface area contributed by atoms with E-state index in [9.17, 15) is 0 Å². The summed E-state index contributed by atoms with van der Waals surface area (Å²) in [4.78, 5) is 0. The Morgan fingerprint density at radius 1 is 1.13 bits per heavy atom. The first-order chi connectivity index (χ1) is 11.0. The molecule has 0 saturated heterocycles. The van der Waals surface area contributed by atoms with Crippen molar-refractivity contribution in [1.29, 1.82) is 0 Å². The molecule has 0 aliphatic heterocycles. The number of rotatable bonds is 5. The van der Waals surface area contributed by atoms with Gasteiger partial charge in [0.25, 0.3) is 0 Å². The molecule has 0 radical (unpaired) electrons. The van der Waals surface area contributed by atoms with Crippen molar-refractivity contribution < 1.29 is 0 Å². The third kappa shape index (κ3) is 8.40. The zero-order valence-electron chi connectivity index (χ0n) is 15.9. The highest BCUT2D eigenvalue weighted by Gasteiger charge is 2.09. The van der Waals surface area contributed by atoms with Gasteiger partial charge in [0.2, 0.25) is 0 Å². The molecule has 1 aliphatic rings. The van der Waals surface area contributed by atoms with Crippen LogP contribution >= 0.6 is 0 Å². The number of allylic oxidation sites excluding steroid dienone is 13. The summed E-state index contributed by atoms with van der Waals surface area (Å²) in [5.74, 6) is 0.484. The van der Waals surface area contributed by atoms with Crippen LogP contribution in [0.4, 0.5) is 0 Å². The van der Waals surface area contributed by atoms with Gasteiger partial charge in [-0.1, -0.05) is 94.9 Å². The van der Waals surface area contributed by atoms with Gasteiger partial charge in [0, 0.05) is 0 Å². The maximum Gasteiger partial charge on any atom is -0.00753 e. The zero-order chi connectivity index (χ0) is 17.7. The molecule has 0 bridgehead atoms. The summed E-state index contributed by atoms with van der Waals surface area (Å²) >= 11 is 0. The van der Waals surface area contributed by atoms with Crippen molar-refractivity contribution in [2.45, 2.75) is 54.4 Å². The van der Waals surface area contributed by atoms with E-state index in [4.69, 9.17) is 0 Å². The normalized spacial score (nSPS) is 18.8. The quantitative estimate of drug-likeness (QED) is 0.461. The van der Waals surface area contributed by atoms with E-state index in [1.807, 2.05) is 19.1 Å². The van der Waals surface area contributed by atoms with Crippen LogP contribution in [0, 0.1) is 5.92 Å². The lowest BCUT2D eigenvalue weighted by Gasteiger charge is -2.11. The van der Waals surface area contributed by atoms with E-state index in [1.54, 1.807) is 0 Å². The summed E-state index contributed by atoms with van der Waals surface area (Å²) in [5.41, 5.74) is 5.06. The maximum absolute atomic E-state index is 3.84. The molecule has 0 saturated carbocycles. The van der Waals surface area contributed by atoms with Gasteiger partial charge in [-0.15, -0.1) is 0 Å². The topological polar surface area (TPSA) is 0 Å². The minimum atomic E-state index is 0.484. The van der Waals surface area contributed by atoms with Gasteiger partial charge in [-0.25, -0.2) is 0 Å². The van der Waals surface area contributed by atoms with E-state index in [1.165, 1.54) is 35.1 Å². The van der Waals surface area contributed by atoms with Gasteiger partial charge < -0.3 is 0 Å². The zero-order valence-corrected chi connectivity index (χ0v) is 15.9. The van der Waals surface area contributed by atoms with Gasteiger partial charge in [0.15, 0.2) is 0 Å². The van der Waals surface area contributed by atoms with Gasteiger partial charge in [0.05, 0.1) is 0 Å². The molecule has 0 heteroatoms. The predicted molar refractivity (Wildman–Crippen MR) is 108 cm³/mol. The Balaban J connectivity index is 0.00000108. The average molecular weight is 311 g/mol. The Kier molecular flexibility index (Phi) is 11.7. The Bertz CT molecular complexity index is 528. The summed E-state index contributed by atoms with van der Waals surface area (Å²) in [6.07, 6.45) is 21.7. The van der Waals surface area contributed by atoms with Crippen LogP contribution in [0.15, 0.2) is 83.6 Å². The molecular weight excluding hydrogens is 276 g/mol. The predicted octanol–water partition coefficient (Wildman–Crippen LogP) is 7.51. The van der Waals surface area contributed by atoms with E-state index in [-0.39, 0.29) is 0 Å². The van der Waals surface area contributed by atoms with Crippen LogP contribution in [0.25, 0.3) is 0 Å². The fourth-order valence-electron chi connectivity index (χ4n) is 2.01. The van der Waals surface area contributed by atoms with E-state index >= 15 is 0 Å². The van der Waals surface area contributed by atoms with Crippen molar-refractivity contribution in [1.82, 2.24) is 0 Å². The van der Waals surface area contributed by atoms with Crippen LogP contribution in [-0.4, -0.2) is 0 Å². The first kappa shape index (κ1) is 21.2. The molecule has 1 atom stereocenters. The van der Waals surface area contributed by atoms with Crippen LogP contribution < -0.4 is 0 Å². The molecule has 0 aromatic heterocycles. The summed E-state index contributed by atoms with van der Waals surface area (Å²) in [6, 6.07) is 0. The molecule has 0 spiro atoms. The largest absolute Gasteiger partial charge is 0.0990 e. The molecule has 0 aromatic rings. The van der Waals surface area contributed by atoms with E-state index in [0.717, 1.165) is 0 Å². The van der Waals surface area contributed by atoms with Crippen LogP contribution in [0.3, 0.4) is 0 Å². The third-order valence-corrected chi connectivity index (χ3v) is 3.68. The van der Waals surface area contributed by atoms with Crippen molar-refractivity contribution >= 4 is 0 Å². The van der Waals surface area contributed by atoms with Crippen molar-refractivity contribution in [2.24, 2.45) is 5.92 Å². The average Bonchev–Trinajstić information content (AvgIpc) is 2.72. The fourth-order valence-corrected chi connectivity index (χ4v) is 2.01. The van der Waals surface area contributed by atoms with Crippen LogP contribution in [0.2, 0.25) is 0 Å². The highest BCUT2D eigenvalue weighted by molar-refractivity contribution is 5.57. The van der Waals surface area contributed by atoms with E-state index < -0.39 is 0 Å². The molecule has 0 aromatic carbocycles. The number of unbranched alkanes of at least 4 members (excludes halogenated alkanes) is 1. The Labute approximate surface area is 144 Å². The van der Waals surface area contributed by atoms with Gasteiger partial charge in [-0.2, -0.15) is 0 Å². The van der Waals surface area contributed by atoms with Crippen molar-refractivity contribution in [3.05, 3.63) is 83.6 Å². The molecule has 0 N–H and O–H groups in total. The summed E-state index contributed by atoms with van der Waals surface area (Å²) < 4.78 is 0. The Hall–Kier alpha value is -1.82. The molecule has 0 amide bonds. The molecule has 1 unspecified atom stereocenters. The number of hydrogen-bond acceptors (Lipinski definition) is 0. The molecule has 0 fully saturated rings. The summed E-state index contributed by atoms with van der Waals surface area (Å²) in [6.45, 7) is 16.7. The minimum absolute atomic E-state index is 0.484. The molecule has 0 nitrogen and oxygen atoms in total. The van der Waals surface area contributed by atoms with Crippen LogP contribution in [0.5, 0.6) is 0 Å². The fraction of sp³-hybridized carbons (Fsp3) is 0.391. The standard InChI is InChI=1S/C19H24.C4H10/c1-6-8-10-16(4)18(9-7-2)19-14-12-15(3)11-13-17(19)5;1-3-4-2/h6-15H,2H2,1,3-5H3;3-4H2,1-2H3/b8-6-,16-10-,18-9+;. The SMILES string of the molecule is C=C\C=C(C1=C(C)C=CC(C)C=C1)/C(C)=C\C=C/C.CCCC. The van der Waals surface area contributed by atoms with Gasteiger partial charge in [0.1, 0.15) is 0 Å². The van der Waals surface area contributed by atoms with Gasteiger partial charge in [-0.05, 0) is 49.0 Å². The Morgan fingerprint density at radius 3 is 2.26 bits per heavy atom. The molecular formula is C23H34. The lowest BCUT2D eigenvalue weighted by Crippen LogP contribution is -1.92. The second-order valence-corrected chi connectivity index (χ2v) is 5.87. The van der Waals surface area contributed by atoms with Crippen molar-refractivity contribution in [3.63, 3.8) is 0 Å². The molecule has 1 rings (SSSR count). The Morgan fingerprint density at radius 2 is 1.74 bits per heavy atom.